The van der Waals surface area contributed by atoms with E-state index in [0.717, 1.165) is 17.5 Å². The minimum absolute atomic E-state index is 0.160. The number of nitrogens with one attached hydrogen (secondary N) is 1. The number of carbonyl (C=O) groups excluding carboxylic acids is 1. The van der Waals surface area contributed by atoms with Gasteiger partial charge in [-0.1, -0.05) is 43.2 Å². The highest BCUT2D eigenvalue weighted by molar-refractivity contribution is 7.12. The van der Waals surface area contributed by atoms with Crippen molar-refractivity contribution in [2.24, 2.45) is 5.92 Å². The molecule has 5 heteroatoms. The summed E-state index contributed by atoms with van der Waals surface area (Å²) >= 11 is 1.37. The highest BCUT2D eigenvalue weighted by Crippen LogP contribution is 2.28. The maximum Gasteiger partial charge on any atom is 0.308 e. The lowest BCUT2D eigenvalue weighted by Crippen LogP contribution is -2.32. The molecule has 0 saturated heterocycles. The lowest BCUT2D eigenvalue weighted by Gasteiger charge is -2.12. The first kappa shape index (κ1) is 17.2. The molecule has 1 amide bonds. The fourth-order valence-corrected chi connectivity index (χ4v) is 3.24. The Bertz CT molecular complexity index is 676. The molecular formula is C18H21NO3S. The summed E-state index contributed by atoms with van der Waals surface area (Å²) in [4.78, 5) is 24.2. The predicted molar refractivity (Wildman–Crippen MR) is 92.9 cm³/mol. The number of thiophene rings is 1. The van der Waals surface area contributed by atoms with Gasteiger partial charge in [-0.05, 0) is 30.4 Å². The average molecular weight is 331 g/mol. The fraction of sp³-hybridized carbons (Fsp3) is 0.333. The lowest BCUT2D eigenvalue weighted by atomic mass is 10.0. The maximum atomic E-state index is 12.4. The summed E-state index contributed by atoms with van der Waals surface area (Å²) in [6.07, 6.45) is 1.34. The summed E-state index contributed by atoms with van der Waals surface area (Å²) in [5.41, 5.74) is 3.04. The maximum absolute atomic E-state index is 12.4. The van der Waals surface area contributed by atoms with Crippen LogP contribution in [0.15, 0.2) is 35.7 Å². The van der Waals surface area contributed by atoms with E-state index in [-0.39, 0.29) is 12.5 Å². The van der Waals surface area contributed by atoms with Gasteiger partial charge in [-0.15, -0.1) is 11.3 Å². The van der Waals surface area contributed by atoms with Crippen molar-refractivity contribution >= 4 is 23.2 Å². The van der Waals surface area contributed by atoms with Crippen LogP contribution in [-0.2, 0) is 4.79 Å². The minimum atomic E-state index is -0.864. The second-order valence-electron chi connectivity index (χ2n) is 5.56. The van der Waals surface area contributed by atoms with Gasteiger partial charge in [-0.25, -0.2) is 0 Å². The van der Waals surface area contributed by atoms with Crippen LogP contribution in [0.2, 0.25) is 0 Å². The molecule has 4 nitrogen and oxygen atoms in total. The number of amides is 1. The molecule has 1 aromatic carbocycles. The number of carboxylic acid groups (broad SMARTS) is 1. The zero-order valence-corrected chi connectivity index (χ0v) is 14.2. The Hall–Kier alpha value is -2.14. The second-order valence-corrected chi connectivity index (χ2v) is 6.48. The molecule has 0 aliphatic rings. The molecular weight excluding hydrogens is 310 g/mol. The molecule has 1 heterocycles. The Labute approximate surface area is 140 Å². The molecule has 2 N–H and O–H groups in total. The van der Waals surface area contributed by atoms with Gasteiger partial charge >= 0.3 is 5.97 Å². The van der Waals surface area contributed by atoms with Crippen molar-refractivity contribution in [2.45, 2.75) is 26.7 Å². The van der Waals surface area contributed by atoms with Crippen molar-refractivity contribution in [2.75, 3.05) is 6.54 Å². The van der Waals surface area contributed by atoms with E-state index in [4.69, 9.17) is 5.11 Å². The Morgan fingerprint density at radius 1 is 1.22 bits per heavy atom. The van der Waals surface area contributed by atoms with Crippen LogP contribution < -0.4 is 5.32 Å². The molecule has 0 spiro atoms. The largest absolute Gasteiger partial charge is 0.481 e. The van der Waals surface area contributed by atoms with Crippen molar-refractivity contribution in [1.82, 2.24) is 5.32 Å². The van der Waals surface area contributed by atoms with Gasteiger partial charge in [-0.3, -0.25) is 9.59 Å². The van der Waals surface area contributed by atoms with Crippen LogP contribution in [-0.4, -0.2) is 23.5 Å². The molecule has 0 bridgehead atoms. The summed E-state index contributed by atoms with van der Waals surface area (Å²) in [5.74, 6) is -1.61. The number of aliphatic carboxylic acids is 1. The van der Waals surface area contributed by atoms with E-state index in [1.165, 1.54) is 16.9 Å². The van der Waals surface area contributed by atoms with Crippen LogP contribution in [0, 0.1) is 12.8 Å². The molecule has 1 unspecified atom stereocenters. The molecule has 2 aromatic rings. The van der Waals surface area contributed by atoms with Crippen LogP contribution in [0.3, 0.4) is 0 Å². The smallest absolute Gasteiger partial charge is 0.308 e. The molecule has 2 rings (SSSR count). The molecule has 0 saturated carbocycles. The minimum Gasteiger partial charge on any atom is -0.481 e. The predicted octanol–water partition coefficient (Wildman–Crippen LogP) is 3.95. The average Bonchev–Trinajstić information content (AvgIpc) is 3.01. The Kier molecular flexibility index (Phi) is 5.93. The van der Waals surface area contributed by atoms with E-state index in [0.29, 0.717) is 11.3 Å². The molecule has 0 radical (unpaired) electrons. The van der Waals surface area contributed by atoms with Crippen molar-refractivity contribution in [1.29, 1.82) is 0 Å². The monoisotopic (exact) mass is 331 g/mol. The Balaban J connectivity index is 2.10. The topological polar surface area (TPSA) is 66.4 Å². The quantitative estimate of drug-likeness (QED) is 0.807. The zero-order chi connectivity index (χ0) is 16.8. The van der Waals surface area contributed by atoms with Crippen molar-refractivity contribution in [3.05, 3.63) is 46.2 Å². The first-order valence-electron chi connectivity index (χ1n) is 7.68. The number of carboxylic acids is 1. The third-order valence-electron chi connectivity index (χ3n) is 3.73. The third-order valence-corrected chi connectivity index (χ3v) is 4.64. The fourth-order valence-electron chi connectivity index (χ4n) is 2.40. The molecule has 0 aliphatic heterocycles. The summed E-state index contributed by atoms with van der Waals surface area (Å²) in [5, 5.41) is 13.8. The molecule has 0 aliphatic carbocycles. The molecule has 1 aromatic heterocycles. The van der Waals surface area contributed by atoms with E-state index in [1.54, 1.807) is 0 Å². The lowest BCUT2D eigenvalue weighted by molar-refractivity contribution is -0.141. The van der Waals surface area contributed by atoms with E-state index >= 15 is 0 Å². The Morgan fingerprint density at radius 2 is 1.91 bits per heavy atom. The van der Waals surface area contributed by atoms with Crippen molar-refractivity contribution in [3.63, 3.8) is 0 Å². The number of hydrogen-bond acceptors (Lipinski definition) is 3. The first-order chi connectivity index (χ1) is 11.0. The standard InChI is InChI=1S/C18H21NO3S/c1-3-4-14(18(21)22)11-19-17(20)16-15(9-10-23-16)13-7-5-12(2)6-8-13/h5-10,14H,3-4,11H2,1-2H3,(H,19,20)(H,21,22). The number of carbonyl (C=O) groups is 2. The van der Waals surface area contributed by atoms with Crippen molar-refractivity contribution in [3.8, 4) is 11.1 Å². The number of benzene rings is 1. The van der Waals surface area contributed by atoms with Gasteiger partial charge < -0.3 is 10.4 Å². The van der Waals surface area contributed by atoms with Gasteiger partial charge in [0.1, 0.15) is 0 Å². The van der Waals surface area contributed by atoms with Gasteiger partial charge in [0.15, 0.2) is 0 Å². The number of rotatable bonds is 7. The van der Waals surface area contributed by atoms with Crippen molar-refractivity contribution < 1.29 is 14.7 Å². The summed E-state index contributed by atoms with van der Waals surface area (Å²) in [6.45, 7) is 4.12. The van der Waals surface area contributed by atoms with Gasteiger partial charge in [0.25, 0.3) is 5.91 Å². The van der Waals surface area contributed by atoms with E-state index in [1.807, 2.05) is 49.6 Å². The Morgan fingerprint density at radius 3 is 2.52 bits per heavy atom. The normalized spacial score (nSPS) is 11.9. The molecule has 122 valence electrons. The van der Waals surface area contributed by atoms with Crippen LogP contribution in [0.4, 0.5) is 0 Å². The summed E-state index contributed by atoms with van der Waals surface area (Å²) < 4.78 is 0. The van der Waals surface area contributed by atoms with E-state index in [9.17, 15) is 9.59 Å². The number of hydrogen-bond donors (Lipinski definition) is 2. The SMILES string of the molecule is CCCC(CNC(=O)c1sccc1-c1ccc(C)cc1)C(=O)O. The zero-order valence-electron chi connectivity index (χ0n) is 13.3. The van der Waals surface area contributed by atoms with Gasteiger partial charge in [-0.2, -0.15) is 0 Å². The second kappa shape index (κ2) is 7.92. The third kappa shape index (κ3) is 4.42. The summed E-state index contributed by atoms with van der Waals surface area (Å²) in [6, 6.07) is 9.92. The number of aryl methyl sites for hydroxylation is 1. The highest BCUT2D eigenvalue weighted by Gasteiger charge is 2.20. The van der Waals surface area contributed by atoms with E-state index < -0.39 is 11.9 Å². The first-order valence-corrected chi connectivity index (χ1v) is 8.56. The van der Waals surface area contributed by atoms with Gasteiger partial charge in [0.2, 0.25) is 0 Å². The van der Waals surface area contributed by atoms with Crippen LogP contribution in [0.1, 0.15) is 35.0 Å². The van der Waals surface area contributed by atoms with E-state index in [2.05, 4.69) is 5.32 Å². The molecule has 23 heavy (non-hydrogen) atoms. The molecule has 0 fully saturated rings. The van der Waals surface area contributed by atoms with Crippen LogP contribution in [0.25, 0.3) is 11.1 Å². The highest BCUT2D eigenvalue weighted by atomic mass is 32.1. The summed E-state index contributed by atoms with van der Waals surface area (Å²) in [7, 11) is 0. The molecule has 1 atom stereocenters. The van der Waals surface area contributed by atoms with Gasteiger partial charge in [0.05, 0.1) is 10.8 Å². The van der Waals surface area contributed by atoms with Gasteiger partial charge in [0, 0.05) is 12.1 Å². The van der Waals surface area contributed by atoms with Crippen LogP contribution >= 0.6 is 11.3 Å². The van der Waals surface area contributed by atoms with Crippen LogP contribution in [0.5, 0.6) is 0 Å².